The van der Waals surface area contributed by atoms with Crippen molar-refractivity contribution in [3.8, 4) is 0 Å². The minimum absolute atomic E-state index is 0.252. The largest absolute Gasteiger partial charge is 0.366 e. The fourth-order valence-corrected chi connectivity index (χ4v) is 1.47. The van der Waals surface area contributed by atoms with E-state index >= 15 is 0 Å². The summed E-state index contributed by atoms with van der Waals surface area (Å²) in [6.07, 6.45) is 6.07. The average molecular weight is 312 g/mol. The van der Waals surface area contributed by atoms with Crippen LogP contribution in [0.15, 0.2) is 23.8 Å². The molecule has 2 atom stereocenters. The van der Waals surface area contributed by atoms with Crippen LogP contribution in [0.3, 0.4) is 0 Å². The van der Waals surface area contributed by atoms with Crippen molar-refractivity contribution in [1.29, 1.82) is 0 Å². The number of nitrogens with two attached hydrogens (primary N) is 2. The highest BCUT2D eigenvalue weighted by molar-refractivity contribution is 5.91. The Hall–Kier alpha value is -1.66. The Kier molecular flexibility index (Phi) is 12.3. The fourth-order valence-electron chi connectivity index (χ4n) is 1.47. The van der Waals surface area contributed by atoms with Gasteiger partial charge in [0.15, 0.2) is 0 Å². The minimum atomic E-state index is -0.384. The molecule has 22 heavy (non-hydrogen) atoms. The molecular formula is C16H32N4O2. The highest BCUT2D eigenvalue weighted by Gasteiger charge is 2.03. The van der Waals surface area contributed by atoms with Crippen LogP contribution in [0.1, 0.15) is 27.2 Å². The van der Waals surface area contributed by atoms with Crippen LogP contribution in [0.2, 0.25) is 0 Å². The van der Waals surface area contributed by atoms with Gasteiger partial charge in [-0.3, -0.25) is 9.59 Å². The SMILES string of the molecule is C/C(=C\C(C)N(C)C)C(N)=O.CCC(/C=C/C(N)=O)N(C)C. The summed E-state index contributed by atoms with van der Waals surface area (Å²) in [5.41, 5.74) is 10.6. The molecule has 128 valence electrons. The monoisotopic (exact) mass is 312 g/mol. The first kappa shape index (κ1) is 22.6. The van der Waals surface area contributed by atoms with Crippen molar-refractivity contribution in [1.82, 2.24) is 9.80 Å². The first-order valence-corrected chi connectivity index (χ1v) is 7.31. The van der Waals surface area contributed by atoms with Gasteiger partial charge in [-0.25, -0.2) is 0 Å². The summed E-state index contributed by atoms with van der Waals surface area (Å²) in [6, 6.07) is 0.560. The van der Waals surface area contributed by atoms with E-state index in [4.69, 9.17) is 11.5 Å². The number of hydrogen-bond acceptors (Lipinski definition) is 4. The van der Waals surface area contributed by atoms with Gasteiger partial charge in [-0.05, 0) is 48.5 Å². The summed E-state index contributed by atoms with van der Waals surface area (Å²) in [4.78, 5) is 25.0. The zero-order valence-electron chi connectivity index (χ0n) is 15.0. The first-order valence-electron chi connectivity index (χ1n) is 7.31. The van der Waals surface area contributed by atoms with Crippen LogP contribution < -0.4 is 11.5 Å². The minimum Gasteiger partial charge on any atom is -0.366 e. The maximum Gasteiger partial charge on any atom is 0.244 e. The molecule has 0 fully saturated rings. The molecule has 2 amide bonds. The quantitative estimate of drug-likeness (QED) is 0.678. The van der Waals surface area contributed by atoms with Gasteiger partial charge in [-0.15, -0.1) is 0 Å². The molecule has 0 radical (unpaired) electrons. The van der Waals surface area contributed by atoms with Crippen LogP contribution in [-0.2, 0) is 9.59 Å². The second kappa shape index (κ2) is 11.9. The standard InChI is InChI=1S/2C8H16N2O/c1-6(8(9)11)5-7(2)10(3)4;1-4-7(10(2)3)5-6-8(9)11/h5,7H,1-4H3,(H2,9,11);5-7H,4H2,1-3H3,(H2,9,11)/b2*6-5+. The molecule has 0 spiro atoms. The molecule has 4 N–H and O–H groups in total. The maximum atomic E-state index is 10.6. The van der Waals surface area contributed by atoms with Gasteiger partial charge in [-0.2, -0.15) is 0 Å². The summed E-state index contributed by atoms with van der Waals surface area (Å²) in [5.74, 6) is -0.732. The lowest BCUT2D eigenvalue weighted by molar-refractivity contribution is -0.115. The summed E-state index contributed by atoms with van der Waals surface area (Å²) < 4.78 is 0. The molecule has 0 aliphatic heterocycles. The molecule has 0 bridgehead atoms. The van der Waals surface area contributed by atoms with Gasteiger partial charge in [0, 0.05) is 23.7 Å². The van der Waals surface area contributed by atoms with Crippen molar-refractivity contribution in [2.24, 2.45) is 11.5 Å². The van der Waals surface area contributed by atoms with Crippen molar-refractivity contribution < 1.29 is 9.59 Å². The fraction of sp³-hybridized carbons (Fsp3) is 0.625. The topological polar surface area (TPSA) is 92.7 Å². The molecule has 0 aliphatic carbocycles. The normalized spacial score (nSPS) is 14.7. The number of primary amides is 2. The highest BCUT2D eigenvalue weighted by Crippen LogP contribution is 2.00. The molecule has 0 aliphatic rings. The predicted octanol–water partition coefficient (Wildman–Crippen LogP) is 0.736. The average Bonchev–Trinajstić information content (AvgIpc) is 2.38. The van der Waals surface area contributed by atoms with Crippen LogP contribution in [-0.4, -0.2) is 61.9 Å². The van der Waals surface area contributed by atoms with Gasteiger partial charge in [0.25, 0.3) is 0 Å². The van der Waals surface area contributed by atoms with Crippen molar-refractivity contribution in [2.75, 3.05) is 28.2 Å². The second-order valence-corrected chi connectivity index (χ2v) is 5.62. The van der Waals surface area contributed by atoms with Crippen molar-refractivity contribution in [2.45, 2.75) is 39.3 Å². The third kappa shape index (κ3) is 12.1. The number of hydrogen-bond donors (Lipinski definition) is 2. The van der Waals surface area contributed by atoms with Crippen molar-refractivity contribution >= 4 is 11.8 Å². The first-order chi connectivity index (χ1) is 10.0. The zero-order chi connectivity index (χ0) is 17.9. The molecule has 0 aromatic heterocycles. The lowest BCUT2D eigenvalue weighted by Crippen LogP contribution is -2.25. The Morgan fingerprint density at radius 1 is 1.09 bits per heavy atom. The van der Waals surface area contributed by atoms with Crippen LogP contribution in [0.5, 0.6) is 0 Å². The predicted molar refractivity (Wildman–Crippen MR) is 92.2 cm³/mol. The van der Waals surface area contributed by atoms with E-state index in [0.717, 1.165) is 6.42 Å². The van der Waals surface area contributed by atoms with Gasteiger partial charge in [0.1, 0.15) is 0 Å². The number of carbonyl (C=O) groups excluding carboxylic acids is 2. The van der Waals surface area contributed by atoms with Gasteiger partial charge in [0.05, 0.1) is 0 Å². The van der Waals surface area contributed by atoms with E-state index in [1.807, 2.05) is 57.1 Å². The van der Waals surface area contributed by atoms with Crippen LogP contribution >= 0.6 is 0 Å². The Morgan fingerprint density at radius 3 is 1.86 bits per heavy atom. The number of nitrogens with zero attached hydrogens (tertiary/aromatic N) is 2. The van der Waals surface area contributed by atoms with E-state index in [9.17, 15) is 9.59 Å². The van der Waals surface area contributed by atoms with E-state index in [-0.39, 0.29) is 17.9 Å². The molecule has 0 rings (SSSR count). The molecule has 0 saturated carbocycles. The molecule has 0 saturated heterocycles. The van der Waals surface area contributed by atoms with Crippen LogP contribution in [0, 0.1) is 0 Å². The van der Waals surface area contributed by atoms with Gasteiger partial charge in [0.2, 0.25) is 11.8 Å². The third-order valence-electron chi connectivity index (χ3n) is 3.26. The number of amides is 2. The number of likely N-dealkylation sites (N-methyl/N-ethyl adjacent to an activating group) is 2. The van der Waals surface area contributed by atoms with Crippen LogP contribution in [0.25, 0.3) is 0 Å². The highest BCUT2D eigenvalue weighted by atomic mass is 16.1. The van der Waals surface area contributed by atoms with Gasteiger partial charge >= 0.3 is 0 Å². The van der Waals surface area contributed by atoms with E-state index in [0.29, 0.717) is 11.6 Å². The summed E-state index contributed by atoms with van der Waals surface area (Å²) >= 11 is 0. The summed E-state index contributed by atoms with van der Waals surface area (Å²) in [7, 11) is 7.85. The van der Waals surface area contributed by atoms with E-state index in [1.54, 1.807) is 6.92 Å². The Labute approximate surface area is 134 Å². The van der Waals surface area contributed by atoms with Crippen LogP contribution in [0.4, 0.5) is 0 Å². The Bertz CT molecular complexity index is 401. The van der Waals surface area contributed by atoms with E-state index in [2.05, 4.69) is 6.92 Å². The van der Waals surface area contributed by atoms with E-state index < -0.39 is 0 Å². The zero-order valence-corrected chi connectivity index (χ0v) is 15.0. The van der Waals surface area contributed by atoms with E-state index in [1.165, 1.54) is 6.08 Å². The smallest absolute Gasteiger partial charge is 0.244 e. The Balaban J connectivity index is 0. The van der Waals surface area contributed by atoms with Crippen molar-refractivity contribution in [3.05, 3.63) is 23.8 Å². The maximum absolute atomic E-state index is 10.6. The van der Waals surface area contributed by atoms with Crippen molar-refractivity contribution in [3.63, 3.8) is 0 Å². The Morgan fingerprint density at radius 2 is 1.59 bits per heavy atom. The molecule has 0 aromatic carbocycles. The lowest BCUT2D eigenvalue weighted by Gasteiger charge is -2.18. The molecule has 0 heterocycles. The van der Waals surface area contributed by atoms with Gasteiger partial charge in [-0.1, -0.05) is 19.1 Å². The number of rotatable bonds is 7. The summed E-state index contributed by atoms with van der Waals surface area (Å²) in [5, 5.41) is 0. The molecule has 6 heteroatoms. The summed E-state index contributed by atoms with van der Waals surface area (Å²) in [6.45, 7) is 5.80. The molecule has 6 nitrogen and oxygen atoms in total. The molecular weight excluding hydrogens is 280 g/mol. The number of carbonyl (C=O) groups is 2. The third-order valence-corrected chi connectivity index (χ3v) is 3.26. The van der Waals surface area contributed by atoms with Gasteiger partial charge < -0.3 is 21.3 Å². The second-order valence-electron chi connectivity index (χ2n) is 5.62. The lowest BCUT2D eigenvalue weighted by atomic mass is 10.2. The molecule has 2 unspecified atom stereocenters. The molecule has 0 aromatic rings.